The number of nitrogens with one attached hydrogen (secondary N) is 1. The number of rotatable bonds is 4. The fourth-order valence-corrected chi connectivity index (χ4v) is 3.81. The van der Waals surface area contributed by atoms with Crippen LogP contribution in [0.4, 0.5) is 0 Å². The van der Waals surface area contributed by atoms with Gasteiger partial charge in [-0.2, -0.15) is 0 Å². The molecule has 0 aliphatic heterocycles. The van der Waals surface area contributed by atoms with Gasteiger partial charge in [0.15, 0.2) is 0 Å². The van der Waals surface area contributed by atoms with Gasteiger partial charge in [0.1, 0.15) is 5.01 Å². The van der Waals surface area contributed by atoms with Crippen LogP contribution in [0, 0.1) is 0 Å². The second-order valence-electron chi connectivity index (χ2n) is 5.95. The van der Waals surface area contributed by atoms with Crippen LogP contribution in [0.25, 0.3) is 0 Å². The average Bonchev–Trinajstić information content (AvgIpc) is 2.86. The van der Waals surface area contributed by atoms with Gasteiger partial charge in [-0.05, 0) is 18.7 Å². The molecule has 0 aliphatic rings. The summed E-state index contributed by atoms with van der Waals surface area (Å²) in [5, 5.41) is 7.89. The van der Waals surface area contributed by atoms with Crippen LogP contribution in [0.15, 0.2) is 23.6 Å². The molecule has 0 aliphatic carbocycles. The number of thiazole rings is 1. The zero-order valence-corrected chi connectivity index (χ0v) is 15.0. The molecule has 1 aromatic carbocycles. The standard InChI is InChI=1S/C16H20Cl2N2S/c1-5-19-14(13-10(17)7-6-8-11(13)18)15-20-12(9-21-15)16(2,3)4/h6-9,14,19H,5H2,1-4H3. The lowest BCUT2D eigenvalue weighted by Crippen LogP contribution is -2.23. The third kappa shape index (κ3) is 3.78. The van der Waals surface area contributed by atoms with Gasteiger partial charge >= 0.3 is 0 Å². The molecular formula is C16H20Cl2N2S. The molecule has 1 N–H and O–H groups in total. The van der Waals surface area contributed by atoms with Crippen LogP contribution in [0.2, 0.25) is 10.0 Å². The summed E-state index contributed by atoms with van der Waals surface area (Å²) in [6.07, 6.45) is 0. The quantitative estimate of drug-likeness (QED) is 0.799. The van der Waals surface area contributed by atoms with Crippen molar-refractivity contribution in [1.82, 2.24) is 10.3 Å². The van der Waals surface area contributed by atoms with E-state index >= 15 is 0 Å². The van der Waals surface area contributed by atoms with Gasteiger partial charge in [0.25, 0.3) is 0 Å². The molecule has 1 aromatic heterocycles. The van der Waals surface area contributed by atoms with Crippen molar-refractivity contribution in [2.24, 2.45) is 0 Å². The largest absolute Gasteiger partial charge is 0.304 e. The van der Waals surface area contributed by atoms with Gasteiger partial charge in [-0.1, -0.05) is 57.0 Å². The van der Waals surface area contributed by atoms with Gasteiger partial charge in [-0.3, -0.25) is 0 Å². The first-order valence-corrected chi connectivity index (χ1v) is 8.61. The molecule has 0 spiro atoms. The molecule has 0 saturated heterocycles. The molecule has 0 amide bonds. The smallest absolute Gasteiger partial charge is 0.115 e. The topological polar surface area (TPSA) is 24.9 Å². The summed E-state index contributed by atoms with van der Waals surface area (Å²) in [6, 6.07) is 5.52. The third-order valence-corrected chi connectivity index (χ3v) is 4.80. The second-order valence-corrected chi connectivity index (χ2v) is 7.65. The van der Waals surface area contributed by atoms with Crippen molar-refractivity contribution in [3.05, 3.63) is 49.9 Å². The highest BCUT2D eigenvalue weighted by Crippen LogP contribution is 2.36. The first-order valence-electron chi connectivity index (χ1n) is 6.97. The molecule has 0 fully saturated rings. The number of aromatic nitrogens is 1. The zero-order valence-electron chi connectivity index (χ0n) is 12.7. The van der Waals surface area contributed by atoms with Gasteiger partial charge in [-0.25, -0.2) is 4.98 Å². The summed E-state index contributed by atoms with van der Waals surface area (Å²) in [6.45, 7) is 9.37. The van der Waals surface area contributed by atoms with E-state index in [1.54, 1.807) is 11.3 Å². The summed E-state index contributed by atoms with van der Waals surface area (Å²) in [5.41, 5.74) is 2.03. The van der Waals surface area contributed by atoms with Crippen LogP contribution in [0.5, 0.6) is 0 Å². The van der Waals surface area contributed by atoms with E-state index in [0.29, 0.717) is 10.0 Å². The lowest BCUT2D eigenvalue weighted by atomic mass is 9.93. The normalized spacial score (nSPS) is 13.4. The number of hydrogen-bond acceptors (Lipinski definition) is 3. The fraction of sp³-hybridized carbons (Fsp3) is 0.438. The van der Waals surface area contributed by atoms with E-state index in [4.69, 9.17) is 28.2 Å². The number of halogens is 2. The van der Waals surface area contributed by atoms with E-state index in [9.17, 15) is 0 Å². The van der Waals surface area contributed by atoms with Crippen LogP contribution in [0.1, 0.15) is 50.0 Å². The first-order chi connectivity index (χ1) is 9.84. The van der Waals surface area contributed by atoms with E-state index in [1.165, 1.54) is 0 Å². The third-order valence-electron chi connectivity index (χ3n) is 3.23. The van der Waals surface area contributed by atoms with Crippen molar-refractivity contribution in [2.75, 3.05) is 6.54 Å². The Kier molecular flexibility index (Phi) is 5.31. The number of benzene rings is 1. The highest BCUT2D eigenvalue weighted by Gasteiger charge is 2.25. The Balaban J connectivity index is 2.47. The van der Waals surface area contributed by atoms with Crippen molar-refractivity contribution in [3.8, 4) is 0 Å². The summed E-state index contributed by atoms with van der Waals surface area (Å²) in [7, 11) is 0. The van der Waals surface area contributed by atoms with Crippen LogP contribution >= 0.6 is 34.5 Å². The SMILES string of the molecule is CCNC(c1nc(C(C)(C)C)cs1)c1c(Cl)cccc1Cl. The molecule has 1 unspecified atom stereocenters. The Morgan fingerprint density at radius 1 is 1.24 bits per heavy atom. The van der Waals surface area contributed by atoms with E-state index in [0.717, 1.165) is 22.8 Å². The Bertz CT molecular complexity index is 597. The number of hydrogen-bond donors (Lipinski definition) is 1. The summed E-state index contributed by atoms with van der Waals surface area (Å²) >= 11 is 14.4. The van der Waals surface area contributed by atoms with E-state index in [1.807, 2.05) is 18.2 Å². The van der Waals surface area contributed by atoms with Crippen molar-refractivity contribution in [2.45, 2.75) is 39.2 Å². The van der Waals surface area contributed by atoms with Crippen molar-refractivity contribution >= 4 is 34.5 Å². The zero-order chi connectivity index (χ0) is 15.6. The molecule has 5 heteroatoms. The molecular weight excluding hydrogens is 323 g/mol. The average molecular weight is 343 g/mol. The number of nitrogens with zero attached hydrogens (tertiary/aromatic N) is 1. The van der Waals surface area contributed by atoms with Gasteiger partial charge in [-0.15, -0.1) is 11.3 Å². The fourth-order valence-electron chi connectivity index (χ4n) is 2.07. The predicted octanol–water partition coefficient (Wildman–Crippen LogP) is 5.45. The Hall–Kier alpha value is -0.610. The highest BCUT2D eigenvalue weighted by molar-refractivity contribution is 7.09. The maximum Gasteiger partial charge on any atom is 0.115 e. The molecule has 0 bridgehead atoms. The molecule has 0 radical (unpaired) electrons. The maximum absolute atomic E-state index is 6.36. The monoisotopic (exact) mass is 342 g/mol. The van der Waals surface area contributed by atoms with E-state index in [-0.39, 0.29) is 11.5 Å². The van der Waals surface area contributed by atoms with Crippen LogP contribution in [0.3, 0.4) is 0 Å². The summed E-state index contributed by atoms with van der Waals surface area (Å²) in [4.78, 5) is 4.80. The molecule has 2 aromatic rings. The van der Waals surface area contributed by atoms with E-state index < -0.39 is 0 Å². The van der Waals surface area contributed by atoms with Crippen molar-refractivity contribution in [1.29, 1.82) is 0 Å². The van der Waals surface area contributed by atoms with Gasteiger partial charge < -0.3 is 5.32 Å². The summed E-state index contributed by atoms with van der Waals surface area (Å²) < 4.78 is 0. The Morgan fingerprint density at radius 3 is 2.33 bits per heavy atom. The maximum atomic E-state index is 6.36. The lowest BCUT2D eigenvalue weighted by Gasteiger charge is -2.19. The second kappa shape index (κ2) is 6.66. The molecule has 2 rings (SSSR count). The van der Waals surface area contributed by atoms with Crippen molar-refractivity contribution in [3.63, 3.8) is 0 Å². The molecule has 2 nitrogen and oxygen atoms in total. The lowest BCUT2D eigenvalue weighted by molar-refractivity contribution is 0.562. The van der Waals surface area contributed by atoms with Gasteiger partial charge in [0.05, 0.1) is 11.7 Å². The highest BCUT2D eigenvalue weighted by atomic mass is 35.5. The minimum atomic E-state index is -0.0719. The first kappa shape index (κ1) is 16.8. The predicted molar refractivity (Wildman–Crippen MR) is 92.8 cm³/mol. The molecule has 0 saturated carbocycles. The van der Waals surface area contributed by atoms with Crippen molar-refractivity contribution < 1.29 is 0 Å². The van der Waals surface area contributed by atoms with E-state index in [2.05, 4.69) is 38.4 Å². The molecule has 114 valence electrons. The van der Waals surface area contributed by atoms with Gasteiger partial charge in [0, 0.05) is 26.4 Å². The van der Waals surface area contributed by atoms with Gasteiger partial charge in [0.2, 0.25) is 0 Å². The molecule has 1 heterocycles. The molecule has 1 atom stereocenters. The molecule has 21 heavy (non-hydrogen) atoms. The van der Waals surface area contributed by atoms with Crippen LogP contribution in [-0.2, 0) is 5.41 Å². The summed E-state index contributed by atoms with van der Waals surface area (Å²) in [5.74, 6) is 0. The minimum Gasteiger partial charge on any atom is -0.304 e. The minimum absolute atomic E-state index is 0.0375. The van der Waals surface area contributed by atoms with Crippen LogP contribution in [-0.4, -0.2) is 11.5 Å². The van der Waals surface area contributed by atoms with Crippen LogP contribution < -0.4 is 5.32 Å². The Labute approximate surface area is 140 Å². The Morgan fingerprint density at radius 2 is 1.86 bits per heavy atom.